The molecule has 1 aromatic rings. The van der Waals surface area contributed by atoms with Crippen molar-refractivity contribution >= 4 is 33.6 Å². The molecule has 1 aliphatic heterocycles. The second-order valence-corrected chi connectivity index (χ2v) is 6.76. The monoisotopic (exact) mass is 342 g/mol. The average Bonchev–Trinajstić information content (AvgIpc) is 2.89. The lowest BCUT2D eigenvalue weighted by atomic mass is 10.2. The zero-order chi connectivity index (χ0) is 13.7. The van der Waals surface area contributed by atoms with Gasteiger partial charge in [-0.1, -0.05) is 15.9 Å². The van der Waals surface area contributed by atoms with E-state index in [4.69, 9.17) is 5.73 Å². The molecule has 1 saturated heterocycles. The van der Waals surface area contributed by atoms with Gasteiger partial charge in [0.2, 0.25) is 5.91 Å². The van der Waals surface area contributed by atoms with Gasteiger partial charge in [-0.2, -0.15) is 0 Å². The molecule has 2 N–H and O–H groups in total. The van der Waals surface area contributed by atoms with Crippen molar-refractivity contribution in [3.63, 3.8) is 0 Å². The molecule has 0 aliphatic carbocycles. The molecule has 0 bridgehead atoms. The Labute approximate surface area is 127 Å². The predicted octanol–water partition coefficient (Wildman–Crippen LogP) is 2.88. The average molecular weight is 343 g/mol. The van der Waals surface area contributed by atoms with Crippen molar-refractivity contribution in [1.29, 1.82) is 0 Å². The number of carbonyl (C=O) groups is 1. The van der Waals surface area contributed by atoms with Crippen LogP contribution >= 0.6 is 27.7 Å². The van der Waals surface area contributed by atoms with E-state index in [1.54, 1.807) is 11.8 Å². The van der Waals surface area contributed by atoms with Crippen LogP contribution in [0.2, 0.25) is 0 Å². The molecule has 1 unspecified atom stereocenters. The number of benzene rings is 1. The number of amides is 1. The maximum atomic E-state index is 12.1. The Balaban J connectivity index is 1.76. The molecular formula is C14H19BrN2OS. The smallest absolute Gasteiger partial charge is 0.223 e. The number of likely N-dealkylation sites (tertiary alicyclic amines) is 1. The van der Waals surface area contributed by atoms with Crippen LogP contribution < -0.4 is 5.73 Å². The van der Waals surface area contributed by atoms with Gasteiger partial charge in [0, 0.05) is 40.7 Å². The summed E-state index contributed by atoms with van der Waals surface area (Å²) in [5.41, 5.74) is 5.69. The molecule has 1 amide bonds. The van der Waals surface area contributed by atoms with E-state index in [0.29, 0.717) is 13.0 Å². The first-order chi connectivity index (χ1) is 9.20. The van der Waals surface area contributed by atoms with Gasteiger partial charge in [0.05, 0.1) is 0 Å². The van der Waals surface area contributed by atoms with Crippen molar-refractivity contribution in [3.8, 4) is 0 Å². The Morgan fingerprint density at radius 2 is 2.16 bits per heavy atom. The lowest BCUT2D eigenvalue weighted by Gasteiger charge is -2.23. The third-order valence-electron chi connectivity index (χ3n) is 3.37. The first-order valence-electron chi connectivity index (χ1n) is 6.58. The second-order valence-electron chi connectivity index (χ2n) is 4.67. The first kappa shape index (κ1) is 14.9. The minimum atomic E-state index is 0.248. The van der Waals surface area contributed by atoms with Crippen molar-refractivity contribution in [3.05, 3.63) is 28.7 Å². The lowest BCUT2D eigenvalue weighted by molar-refractivity contribution is -0.131. The zero-order valence-corrected chi connectivity index (χ0v) is 13.3. The van der Waals surface area contributed by atoms with Crippen LogP contribution in [0.4, 0.5) is 0 Å². The minimum Gasteiger partial charge on any atom is -0.338 e. The number of hydrogen-bond donors (Lipinski definition) is 1. The van der Waals surface area contributed by atoms with Crippen molar-refractivity contribution in [2.45, 2.75) is 30.2 Å². The standard InChI is InChI=1S/C14H19BrN2OS/c15-11-3-5-13(6-4-11)19-9-7-14(18)17-8-1-2-12(17)10-16/h3-6,12H,1-2,7-10,16H2. The summed E-state index contributed by atoms with van der Waals surface area (Å²) in [5, 5.41) is 0. The van der Waals surface area contributed by atoms with Crippen molar-refractivity contribution in [2.24, 2.45) is 5.73 Å². The highest BCUT2D eigenvalue weighted by Crippen LogP contribution is 2.23. The Morgan fingerprint density at radius 1 is 1.42 bits per heavy atom. The number of carbonyl (C=O) groups excluding carboxylic acids is 1. The lowest BCUT2D eigenvalue weighted by Crippen LogP contribution is -2.40. The third-order valence-corrected chi connectivity index (χ3v) is 4.91. The highest BCUT2D eigenvalue weighted by atomic mass is 79.9. The molecule has 5 heteroatoms. The molecule has 0 saturated carbocycles. The molecule has 2 rings (SSSR count). The van der Waals surface area contributed by atoms with Gasteiger partial charge in [-0.05, 0) is 37.1 Å². The van der Waals surface area contributed by atoms with Crippen molar-refractivity contribution < 1.29 is 4.79 Å². The molecule has 1 aliphatic rings. The summed E-state index contributed by atoms with van der Waals surface area (Å²) >= 11 is 5.14. The molecule has 3 nitrogen and oxygen atoms in total. The molecule has 104 valence electrons. The fourth-order valence-corrected chi connectivity index (χ4v) is 3.44. The molecule has 0 spiro atoms. The summed E-state index contributed by atoms with van der Waals surface area (Å²) in [5.74, 6) is 1.08. The van der Waals surface area contributed by atoms with Gasteiger partial charge < -0.3 is 10.6 Å². The third kappa shape index (κ3) is 4.23. The van der Waals surface area contributed by atoms with Gasteiger partial charge in [0.25, 0.3) is 0 Å². The predicted molar refractivity (Wildman–Crippen MR) is 83.3 cm³/mol. The highest BCUT2D eigenvalue weighted by Gasteiger charge is 2.26. The summed E-state index contributed by atoms with van der Waals surface area (Å²) in [6.45, 7) is 1.47. The van der Waals surface area contributed by atoms with E-state index < -0.39 is 0 Å². The van der Waals surface area contributed by atoms with Crippen LogP contribution in [0.3, 0.4) is 0 Å². The Hall–Kier alpha value is -0.520. The van der Waals surface area contributed by atoms with E-state index in [1.807, 2.05) is 17.0 Å². The van der Waals surface area contributed by atoms with Crippen LogP contribution in [-0.4, -0.2) is 35.7 Å². The van der Waals surface area contributed by atoms with Crippen LogP contribution in [0.15, 0.2) is 33.6 Å². The minimum absolute atomic E-state index is 0.248. The quantitative estimate of drug-likeness (QED) is 0.837. The van der Waals surface area contributed by atoms with Gasteiger partial charge >= 0.3 is 0 Å². The Kier molecular flexibility index (Phi) is 5.73. The molecule has 1 aromatic carbocycles. The van der Waals surface area contributed by atoms with Gasteiger partial charge in [0.1, 0.15) is 0 Å². The zero-order valence-electron chi connectivity index (χ0n) is 10.8. The molecule has 1 heterocycles. The highest BCUT2D eigenvalue weighted by molar-refractivity contribution is 9.10. The largest absolute Gasteiger partial charge is 0.338 e. The summed E-state index contributed by atoms with van der Waals surface area (Å²) in [4.78, 5) is 15.3. The summed E-state index contributed by atoms with van der Waals surface area (Å²) < 4.78 is 1.08. The van der Waals surface area contributed by atoms with Gasteiger partial charge in [-0.3, -0.25) is 4.79 Å². The summed E-state index contributed by atoms with van der Waals surface area (Å²) in [7, 11) is 0. The van der Waals surface area contributed by atoms with E-state index >= 15 is 0 Å². The SMILES string of the molecule is NCC1CCCN1C(=O)CCSc1ccc(Br)cc1. The molecular weight excluding hydrogens is 324 g/mol. The Bertz CT molecular complexity index is 424. The molecule has 1 atom stereocenters. The van der Waals surface area contributed by atoms with Crippen molar-refractivity contribution in [2.75, 3.05) is 18.8 Å². The van der Waals surface area contributed by atoms with E-state index in [1.165, 1.54) is 4.90 Å². The van der Waals surface area contributed by atoms with Crippen LogP contribution in [-0.2, 0) is 4.79 Å². The van der Waals surface area contributed by atoms with Gasteiger partial charge in [0.15, 0.2) is 0 Å². The van der Waals surface area contributed by atoms with Crippen LogP contribution in [0.5, 0.6) is 0 Å². The number of nitrogens with two attached hydrogens (primary N) is 1. The molecule has 0 radical (unpaired) electrons. The van der Waals surface area contributed by atoms with E-state index in [0.717, 1.165) is 29.6 Å². The molecule has 1 fully saturated rings. The van der Waals surface area contributed by atoms with Crippen LogP contribution in [0.25, 0.3) is 0 Å². The van der Waals surface area contributed by atoms with E-state index in [2.05, 4.69) is 28.1 Å². The summed E-state index contributed by atoms with van der Waals surface area (Å²) in [6.07, 6.45) is 2.74. The number of rotatable bonds is 5. The number of hydrogen-bond acceptors (Lipinski definition) is 3. The molecule has 19 heavy (non-hydrogen) atoms. The van der Waals surface area contributed by atoms with Crippen LogP contribution in [0.1, 0.15) is 19.3 Å². The maximum absolute atomic E-state index is 12.1. The van der Waals surface area contributed by atoms with Gasteiger partial charge in [-0.15, -0.1) is 11.8 Å². The fourth-order valence-electron chi connectivity index (χ4n) is 2.34. The van der Waals surface area contributed by atoms with E-state index in [9.17, 15) is 4.79 Å². The topological polar surface area (TPSA) is 46.3 Å². The number of nitrogens with zero attached hydrogens (tertiary/aromatic N) is 1. The number of thioether (sulfide) groups is 1. The molecule has 0 aromatic heterocycles. The fraction of sp³-hybridized carbons (Fsp3) is 0.500. The van der Waals surface area contributed by atoms with E-state index in [-0.39, 0.29) is 11.9 Å². The normalized spacial score (nSPS) is 18.8. The maximum Gasteiger partial charge on any atom is 0.223 e. The van der Waals surface area contributed by atoms with Crippen LogP contribution in [0, 0.1) is 0 Å². The first-order valence-corrected chi connectivity index (χ1v) is 8.36. The van der Waals surface area contributed by atoms with Gasteiger partial charge in [-0.25, -0.2) is 0 Å². The second kappa shape index (κ2) is 7.31. The number of halogens is 1. The Morgan fingerprint density at radius 3 is 2.84 bits per heavy atom. The summed E-state index contributed by atoms with van der Waals surface area (Å²) in [6, 6.07) is 8.45. The van der Waals surface area contributed by atoms with Crippen molar-refractivity contribution in [1.82, 2.24) is 4.90 Å².